The van der Waals surface area contributed by atoms with Crippen LogP contribution in [-0.4, -0.2) is 0 Å². The summed E-state index contributed by atoms with van der Waals surface area (Å²) < 4.78 is 0. The Hall–Kier alpha value is 0.913. The molecule has 0 fully saturated rings. The Labute approximate surface area is 49.6 Å². The van der Waals surface area contributed by atoms with E-state index in [1.807, 2.05) is 17.3 Å². The Kier molecular flexibility index (Phi) is 703. The van der Waals surface area contributed by atoms with E-state index < -0.39 is 0 Å². The van der Waals surface area contributed by atoms with Gasteiger partial charge in [0, 0.05) is 0 Å². The second-order valence-electron chi connectivity index (χ2n) is 0. The molecule has 0 aromatic carbocycles. The Morgan fingerprint density at radius 3 is 0.800 bits per heavy atom. The summed E-state index contributed by atoms with van der Waals surface area (Å²) in [6.45, 7) is 0. The molecular formula is C3H9ClRu. The van der Waals surface area contributed by atoms with Crippen LogP contribution in [0.1, 0.15) is 0 Å². The quantitative estimate of drug-likeness (QED) is 0.396. The van der Waals surface area contributed by atoms with Gasteiger partial charge in [0.05, 0.1) is 0 Å². The first-order chi connectivity index (χ1) is 1.00. The summed E-state index contributed by atoms with van der Waals surface area (Å²) in [5, 5.41) is 0. The van der Waals surface area contributed by atoms with Crippen LogP contribution in [0.3, 0.4) is 0 Å². The first-order valence-corrected chi connectivity index (χ1v) is 2.37. The Bertz CT molecular complexity index is 6.85. The number of rotatable bonds is 0. The maximum absolute atomic E-state index is 4.57. The first kappa shape index (κ1) is 39.0. The fourth-order valence-corrected chi connectivity index (χ4v) is 0. The van der Waals surface area contributed by atoms with E-state index in [-0.39, 0.29) is 22.3 Å². The average molecular weight is 182 g/mol. The normalized spacial score (nSPS) is 1.00. The van der Waals surface area contributed by atoms with Crippen molar-refractivity contribution in [1.29, 1.82) is 0 Å². The summed E-state index contributed by atoms with van der Waals surface area (Å²) >= 11 is 1.82. The molecule has 0 aliphatic heterocycles. The standard InChI is InChI=1S/3CH3.ClH.Ru/h3*1H3;1H;/q3*-1;;+4/p-1. The molecule has 0 atom stereocenters. The molecule has 36 valence electrons. The van der Waals surface area contributed by atoms with Gasteiger partial charge in [-0.2, -0.15) is 0 Å². The van der Waals surface area contributed by atoms with E-state index in [4.69, 9.17) is 0 Å². The zero-order valence-corrected chi connectivity index (χ0v) is 6.23. The average Bonchev–Trinajstić information content (AvgIpc) is 1.00. The van der Waals surface area contributed by atoms with Crippen LogP contribution in [0.2, 0.25) is 0 Å². The van der Waals surface area contributed by atoms with Gasteiger partial charge in [-0.25, -0.2) is 0 Å². The van der Waals surface area contributed by atoms with Crippen LogP contribution in [0.15, 0.2) is 0 Å². The van der Waals surface area contributed by atoms with Crippen LogP contribution in [0.25, 0.3) is 0 Å². The van der Waals surface area contributed by atoms with Crippen LogP contribution in [0, 0.1) is 22.3 Å². The van der Waals surface area contributed by atoms with Crippen molar-refractivity contribution in [2.45, 2.75) is 0 Å². The third kappa shape index (κ3) is 50.0. The predicted octanol–water partition coefficient (Wildman–Crippen LogP) is 2.04. The second-order valence-corrected chi connectivity index (χ2v) is 0. The van der Waals surface area contributed by atoms with E-state index in [2.05, 4.69) is 9.69 Å². The minimum atomic E-state index is 0. The Balaban J connectivity index is -0.00000000167. The molecule has 0 saturated carbocycles. The van der Waals surface area contributed by atoms with Crippen LogP contribution in [0.4, 0.5) is 0 Å². The molecular weight excluding hydrogens is 173 g/mol. The van der Waals surface area contributed by atoms with Gasteiger partial charge in [0.1, 0.15) is 0 Å². The maximum atomic E-state index is 4.57. The summed E-state index contributed by atoms with van der Waals surface area (Å²) in [4.78, 5) is 0. The van der Waals surface area contributed by atoms with E-state index in [1.54, 1.807) is 0 Å². The zero-order chi connectivity index (χ0) is 2.00. The Morgan fingerprint density at radius 1 is 0.800 bits per heavy atom. The Morgan fingerprint density at radius 2 is 0.800 bits per heavy atom. The van der Waals surface area contributed by atoms with Crippen molar-refractivity contribution in [3.05, 3.63) is 22.3 Å². The third-order valence-electron chi connectivity index (χ3n) is 0. The van der Waals surface area contributed by atoms with Gasteiger partial charge in [-0.3, -0.25) is 0 Å². The fraction of sp³-hybridized carbons (Fsp3) is 0. The van der Waals surface area contributed by atoms with Gasteiger partial charge in [0.25, 0.3) is 0 Å². The first-order valence-electron chi connectivity index (χ1n) is 0.134. The second kappa shape index (κ2) is 90.2. The molecule has 0 heterocycles. The summed E-state index contributed by atoms with van der Waals surface area (Å²) in [5.74, 6) is 0. The molecule has 0 unspecified atom stereocenters. The van der Waals surface area contributed by atoms with Gasteiger partial charge >= 0.3 is 27.0 Å². The molecule has 0 aliphatic carbocycles. The van der Waals surface area contributed by atoms with Gasteiger partial charge in [-0.05, 0) is 0 Å². The zero-order valence-electron chi connectivity index (χ0n) is 3.73. The van der Waals surface area contributed by atoms with Crippen molar-refractivity contribution < 1.29 is 17.3 Å². The predicted molar refractivity (Wildman–Crippen MR) is 25.1 cm³/mol. The van der Waals surface area contributed by atoms with Gasteiger partial charge in [0.2, 0.25) is 0 Å². The number of hydrogen-bond acceptors (Lipinski definition) is 0. The van der Waals surface area contributed by atoms with Crippen molar-refractivity contribution in [2.75, 3.05) is 0 Å². The molecule has 0 spiro atoms. The van der Waals surface area contributed by atoms with Crippen molar-refractivity contribution in [3.8, 4) is 0 Å². The molecule has 0 radical (unpaired) electrons. The summed E-state index contributed by atoms with van der Waals surface area (Å²) in [7, 11) is 4.57. The summed E-state index contributed by atoms with van der Waals surface area (Å²) in [6, 6.07) is 0. The van der Waals surface area contributed by atoms with Crippen molar-refractivity contribution in [2.24, 2.45) is 0 Å². The molecule has 5 heavy (non-hydrogen) atoms. The van der Waals surface area contributed by atoms with E-state index in [1.165, 1.54) is 0 Å². The van der Waals surface area contributed by atoms with Gasteiger partial charge < -0.3 is 22.3 Å². The van der Waals surface area contributed by atoms with Gasteiger partial charge in [0.15, 0.2) is 0 Å². The fourth-order valence-electron chi connectivity index (χ4n) is 0. The van der Waals surface area contributed by atoms with Crippen molar-refractivity contribution >= 4 is 9.69 Å². The van der Waals surface area contributed by atoms with Gasteiger partial charge in [-0.15, -0.1) is 0 Å². The van der Waals surface area contributed by atoms with E-state index in [9.17, 15) is 0 Å². The van der Waals surface area contributed by atoms with Crippen LogP contribution in [0.5, 0.6) is 0 Å². The van der Waals surface area contributed by atoms with Crippen molar-refractivity contribution in [1.82, 2.24) is 0 Å². The van der Waals surface area contributed by atoms with E-state index >= 15 is 0 Å². The molecule has 0 saturated heterocycles. The molecule has 0 bridgehead atoms. The number of halogens is 1. The molecule has 0 amide bonds. The molecule has 0 nitrogen and oxygen atoms in total. The molecule has 0 aliphatic rings. The summed E-state index contributed by atoms with van der Waals surface area (Å²) in [6.07, 6.45) is 0. The van der Waals surface area contributed by atoms with E-state index in [0.29, 0.717) is 0 Å². The molecule has 0 aromatic heterocycles. The molecule has 2 heteroatoms. The molecule has 0 rings (SSSR count). The molecule has 0 aromatic rings. The topological polar surface area (TPSA) is 0 Å². The number of hydrogen-bond donors (Lipinski definition) is 0. The monoisotopic (exact) mass is 182 g/mol. The van der Waals surface area contributed by atoms with Crippen molar-refractivity contribution in [3.63, 3.8) is 0 Å². The molecule has 0 N–H and O–H groups in total. The third-order valence-corrected chi connectivity index (χ3v) is 0. The van der Waals surface area contributed by atoms with Gasteiger partial charge in [-0.1, -0.05) is 0 Å². The van der Waals surface area contributed by atoms with Crippen LogP contribution >= 0.6 is 9.69 Å². The van der Waals surface area contributed by atoms with E-state index in [0.717, 1.165) is 0 Å². The minimum absolute atomic E-state index is 0. The van der Waals surface area contributed by atoms with Crippen LogP contribution < -0.4 is 0 Å². The SMILES string of the molecule is [CH3-].[CH3-].[CH3-].[Cl][Ru+3]. The van der Waals surface area contributed by atoms with Crippen LogP contribution in [-0.2, 0) is 17.3 Å². The summed E-state index contributed by atoms with van der Waals surface area (Å²) in [5.41, 5.74) is 0.